The van der Waals surface area contributed by atoms with Gasteiger partial charge in [-0.05, 0) is 24.3 Å². The fourth-order valence-electron chi connectivity index (χ4n) is 2.47. The molecule has 0 saturated carbocycles. The monoisotopic (exact) mass is 315 g/mol. The summed E-state index contributed by atoms with van der Waals surface area (Å²) in [5, 5.41) is 18.3. The average Bonchev–Trinajstić information content (AvgIpc) is 2.50. The van der Waals surface area contributed by atoms with Crippen molar-refractivity contribution in [2.24, 2.45) is 0 Å². The van der Waals surface area contributed by atoms with E-state index in [1.165, 1.54) is 11.8 Å². The molecular formula is C16H13NO4S. The van der Waals surface area contributed by atoms with Crippen LogP contribution >= 0.6 is 11.8 Å². The maximum absolute atomic E-state index is 11.4. The zero-order chi connectivity index (χ0) is 15.7. The average molecular weight is 315 g/mol. The zero-order valence-electron chi connectivity index (χ0n) is 11.5. The Hall–Kier alpha value is -2.47. The third kappa shape index (κ3) is 2.53. The van der Waals surface area contributed by atoms with Gasteiger partial charge in [-0.25, -0.2) is 4.79 Å². The van der Waals surface area contributed by atoms with E-state index in [0.717, 1.165) is 16.3 Å². The summed E-state index contributed by atoms with van der Waals surface area (Å²) >= 11 is 1.41. The van der Waals surface area contributed by atoms with E-state index < -0.39 is 11.9 Å². The van der Waals surface area contributed by atoms with Crippen LogP contribution in [0.15, 0.2) is 52.3 Å². The minimum absolute atomic E-state index is 0.0181. The van der Waals surface area contributed by atoms with Gasteiger partial charge in [0.2, 0.25) is 0 Å². The van der Waals surface area contributed by atoms with Crippen LogP contribution in [-0.4, -0.2) is 28.7 Å². The van der Waals surface area contributed by atoms with Gasteiger partial charge < -0.3 is 15.1 Å². The molecule has 5 nitrogen and oxygen atoms in total. The molecule has 0 bridgehead atoms. The largest absolute Gasteiger partial charge is 0.481 e. The molecule has 3 rings (SSSR count). The molecule has 0 atom stereocenters. The van der Waals surface area contributed by atoms with E-state index in [1.807, 2.05) is 35.2 Å². The maximum atomic E-state index is 11.4. The number of aromatic carboxylic acids is 1. The molecule has 2 aromatic rings. The highest BCUT2D eigenvalue weighted by atomic mass is 32.2. The number of carbonyl (C=O) groups is 2. The van der Waals surface area contributed by atoms with E-state index >= 15 is 0 Å². The van der Waals surface area contributed by atoms with Crippen molar-refractivity contribution >= 4 is 35.1 Å². The SMILES string of the molecule is O=C(O)CCN1c2ccccc2Sc2c(C(=O)O)cccc21. The van der Waals surface area contributed by atoms with E-state index in [-0.39, 0.29) is 12.0 Å². The van der Waals surface area contributed by atoms with Crippen molar-refractivity contribution < 1.29 is 19.8 Å². The van der Waals surface area contributed by atoms with Crippen molar-refractivity contribution in [3.05, 3.63) is 48.0 Å². The van der Waals surface area contributed by atoms with Gasteiger partial charge in [0.25, 0.3) is 0 Å². The molecule has 2 N–H and O–H groups in total. The lowest BCUT2D eigenvalue weighted by Crippen LogP contribution is -2.24. The molecule has 1 aliphatic rings. The number of aliphatic carboxylic acids is 1. The lowest BCUT2D eigenvalue weighted by atomic mass is 10.1. The maximum Gasteiger partial charge on any atom is 0.336 e. The first-order valence-electron chi connectivity index (χ1n) is 6.70. The smallest absolute Gasteiger partial charge is 0.336 e. The summed E-state index contributed by atoms with van der Waals surface area (Å²) in [4.78, 5) is 25.8. The van der Waals surface area contributed by atoms with Gasteiger partial charge in [-0.2, -0.15) is 0 Å². The number of rotatable bonds is 4. The van der Waals surface area contributed by atoms with E-state index in [0.29, 0.717) is 11.4 Å². The number of nitrogens with zero attached hydrogens (tertiary/aromatic N) is 1. The second-order valence-corrected chi connectivity index (χ2v) is 5.88. The molecule has 22 heavy (non-hydrogen) atoms. The second kappa shape index (κ2) is 5.73. The van der Waals surface area contributed by atoms with Crippen molar-refractivity contribution in [3.8, 4) is 0 Å². The van der Waals surface area contributed by atoms with Crippen LogP contribution in [0.3, 0.4) is 0 Å². The summed E-state index contributed by atoms with van der Waals surface area (Å²) in [7, 11) is 0. The van der Waals surface area contributed by atoms with Crippen LogP contribution in [0.1, 0.15) is 16.8 Å². The first-order valence-corrected chi connectivity index (χ1v) is 7.52. The van der Waals surface area contributed by atoms with Gasteiger partial charge in [-0.3, -0.25) is 4.79 Å². The highest BCUT2D eigenvalue weighted by Gasteiger charge is 2.27. The van der Waals surface area contributed by atoms with E-state index in [4.69, 9.17) is 5.11 Å². The first kappa shape index (κ1) is 14.5. The molecule has 1 heterocycles. The summed E-state index contributed by atoms with van der Waals surface area (Å²) in [6.45, 7) is 0.295. The van der Waals surface area contributed by atoms with Crippen molar-refractivity contribution in [2.45, 2.75) is 16.2 Å². The van der Waals surface area contributed by atoms with E-state index in [9.17, 15) is 14.7 Å². The summed E-state index contributed by atoms with van der Waals surface area (Å²) in [6.07, 6.45) is -0.0181. The highest BCUT2D eigenvalue weighted by molar-refractivity contribution is 7.99. The Bertz CT molecular complexity index is 760. The molecule has 0 aromatic heterocycles. The van der Waals surface area contributed by atoms with Gasteiger partial charge >= 0.3 is 11.9 Å². The molecule has 112 valence electrons. The summed E-state index contributed by atoms with van der Waals surface area (Å²) in [5.74, 6) is -1.87. The fraction of sp³-hybridized carbons (Fsp3) is 0.125. The van der Waals surface area contributed by atoms with Gasteiger partial charge in [0.1, 0.15) is 0 Å². The topological polar surface area (TPSA) is 77.8 Å². The number of fused-ring (bicyclic) bond motifs is 2. The van der Waals surface area contributed by atoms with Crippen LogP contribution in [0.4, 0.5) is 11.4 Å². The number of carboxylic acids is 2. The molecule has 0 fully saturated rings. The molecule has 0 aliphatic carbocycles. The Morgan fingerprint density at radius 2 is 1.73 bits per heavy atom. The van der Waals surface area contributed by atoms with Crippen LogP contribution in [-0.2, 0) is 4.79 Å². The van der Waals surface area contributed by atoms with Crippen LogP contribution in [0.25, 0.3) is 0 Å². The van der Waals surface area contributed by atoms with Crippen molar-refractivity contribution in [3.63, 3.8) is 0 Å². The fourth-order valence-corrected chi connectivity index (χ4v) is 3.67. The predicted octanol–water partition coefficient (Wildman–Crippen LogP) is 3.46. The summed E-state index contributed by atoms with van der Waals surface area (Å²) in [5.41, 5.74) is 1.88. The Balaban J connectivity index is 2.12. The van der Waals surface area contributed by atoms with Gasteiger partial charge in [-0.15, -0.1) is 0 Å². The van der Waals surface area contributed by atoms with E-state index in [2.05, 4.69) is 0 Å². The molecule has 6 heteroatoms. The minimum atomic E-state index is -0.984. The molecule has 1 aliphatic heterocycles. The van der Waals surface area contributed by atoms with Gasteiger partial charge in [0.05, 0.1) is 28.3 Å². The van der Waals surface area contributed by atoms with Crippen LogP contribution in [0.5, 0.6) is 0 Å². The molecule has 0 radical (unpaired) electrons. The first-order chi connectivity index (χ1) is 10.6. The Morgan fingerprint density at radius 1 is 1.00 bits per heavy atom. The van der Waals surface area contributed by atoms with E-state index in [1.54, 1.807) is 12.1 Å². The lowest BCUT2D eigenvalue weighted by molar-refractivity contribution is -0.136. The van der Waals surface area contributed by atoms with Crippen molar-refractivity contribution in [2.75, 3.05) is 11.4 Å². The lowest BCUT2D eigenvalue weighted by Gasteiger charge is -2.33. The van der Waals surface area contributed by atoms with Crippen LogP contribution in [0.2, 0.25) is 0 Å². The van der Waals surface area contributed by atoms with Gasteiger partial charge in [0.15, 0.2) is 0 Å². The number of benzene rings is 2. The minimum Gasteiger partial charge on any atom is -0.481 e. The Morgan fingerprint density at radius 3 is 2.45 bits per heavy atom. The molecule has 0 saturated heterocycles. The molecular weight excluding hydrogens is 302 g/mol. The van der Waals surface area contributed by atoms with Crippen molar-refractivity contribution in [1.29, 1.82) is 0 Å². The third-order valence-electron chi connectivity index (χ3n) is 3.43. The molecule has 0 amide bonds. The Labute approximate surface area is 131 Å². The normalized spacial score (nSPS) is 12.5. The zero-order valence-corrected chi connectivity index (χ0v) is 12.3. The number of para-hydroxylation sites is 1. The van der Waals surface area contributed by atoms with Gasteiger partial charge in [0, 0.05) is 11.4 Å². The molecule has 0 spiro atoms. The Kier molecular flexibility index (Phi) is 3.77. The predicted molar refractivity (Wildman–Crippen MR) is 83.2 cm³/mol. The van der Waals surface area contributed by atoms with Crippen LogP contribution < -0.4 is 4.90 Å². The molecule has 2 aromatic carbocycles. The number of anilines is 2. The van der Waals surface area contributed by atoms with Gasteiger partial charge in [-0.1, -0.05) is 30.0 Å². The summed E-state index contributed by atoms with van der Waals surface area (Å²) in [6, 6.07) is 12.7. The summed E-state index contributed by atoms with van der Waals surface area (Å²) < 4.78 is 0. The quantitative estimate of drug-likeness (QED) is 0.899. The number of hydrogen-bond acceptors (Lipinski definition) is 4. The highest BCUT2D eigenvalue weighted by Crippen LogP contribution is 2.49. The molecule has 0 unspecified atom stereocenters. The number of hydrogen-bond donors (Lipinski definition) is 2. The standard InChI is InChI=1S/C16H13NO4S/c18-14(19)8-9-17-11-5-1-2-7-13(11)22-15-10(16(20)21)4-3-6-12(15)17/h1-7H,8-9H2,(H,18,19)(H,20,21). The van der Waals surface area contributed by atoms with Crippen LogP contribution in [0, 0.1) is 0 Å². The third-order valence-corrected chi connectivity index (χ3v) is 4.63. The number of carboxylic acid groups (broad SMARTS) is 2. The second-order valence-electron chi connectivity index (χ2n) is 4.82. The van der Waals surface area contributed by atoms with Crippen molar-refractivity contribution in [1.82, 2.24) is 0 Å².